The Bertz CT molecular complexity index is 496. The van der Waals surface area contributed by atoms with Crippen molar-refractivity contribution in [1.82, 2.24) is 0 Å². The molecule has 0 radical (unpaired) electrons. The van der Waals surface area contributed by atoms with Crippen molar-refractivity contribution in [3.05, 3.63) is 34.4 Å². The molecule has 0 saturated heterocycles. The fourth-order valence-corrected chi connectivity index (χ4v) is 2.51. The Morgan fingerprint density at radius 1 is 1.30 bits per heavy atom. The van der Waals surface area contributed by atoms with Crippen molar-refractivity contribution in [2.24, 2.45) is 0 Å². The molecule has 20 heavy (non-hydrogen) atoms. The quantitative estimate of drug-likeness (QED) is 0.303. The van der Waals surface area contributed by atoms with E-state index in [9.17, 15) is 14.9 Å². The molecule has 1 saturated carbocycles. The van der Waals surface area contributed by atoms with Crippen molar-refractivity contribution in [3.8, 4) is 5.75 Å². The van der Waals surface area contributed by atoms with E-state index in [4.69, 9.17) is 9.47 Å². The summed E-state index contributed by atoms with van der Waals surface area (Å²) in [6, 6.07) is 5.23. The number of carbonyl (C=O) groups excluding carboxylic acids is 1. The van der Waals surface area contributed by atoms with Crippen molar-refractivity contribution in [1.29, 1.82) is 0 Å². The minimum absolute atomic E-state index is 0.0639. The third kappa shape index (κ3) is 3.86. The highest BCUT2D eigenvalue weighted by atomic mass is 32.1. The van der Waals surface area contributed by atoms with E-state index in [-0.39, 0.29) is 22.8 Å². The molecule has 1 aliphatic carbocycles. The molecule has 0 atom stereocenters. The number of nitrogens with zero attached hydrogens (tertiary/aromatic N) is 1. The standard InChI is InChI=1S/C13H15NO5S/c15-12(18-9-13(20)7-1-2-8-13)19-11-5-3-10(4-6-11)14(16)17/h3-6,20H,1-2,7-9H2. The van der Waals surface area contributed by atoms with E-state index < -0.39 is 11.1 Å². The highest BCUT2D eigenvalue weighted by Crippen LogP contribution is 2.35. The molecular weight excluding hydrogens is 282 g/mol. The normalized spacial score (nSPS) is 16.6. The first-order valence-corrected chi connectivity index (χ1v) is 6.75. The fraction of sp³-hybridized carbons (Fsp3) is 0.462. The van der Waals surface area contributed by atoms with Gasteiger partial charge in [-0.1, -0.05) is 12.8 Å². The Morgan fingerprint density at radius 2 is 1.90 bits per heavy atom. The molecular formula is C13H15NO5S. The van der Waals surface area contributed by atoms with E-state index in [2.05, 4.69) is 12.6 Å². The lowest BCUT2D eigenvalue weighted by molar-refractivity contribution is -0.384. The summed E-state index contributed by atoms with van der Waals surface area (Å²) in [5.74, 6) is 0.209. The van der Waals surface area contributed by atoms with E-state index in [1.165, 1.54) is 24.3 Å². The lowest BCUT2D eigenvalue weighted by Crippen LogP contribution is -2.27. The molecule has 7 heteroatoms. The van der Waals surface area contributed by atoms with Gasteiger partial charge in [0, 0.05) is 16.9 Å². The molecule has 1 fully saturated rings. The molecule has 1 aromatic rings. The number of rotatable bonds is 4. The number of thiol groups is 1. The highest BCUT2D eigenvalue weighted by molar-refractivity contribution is 7.81. The van der Waals surface area contributed by atoms with Gasteiger partial charge in [-0.15, -0.1) is 0 Å². The third-order valence-corrected chi connectivity index (χ3v) is 3.82. The number of hydrogen-bond acceptors (Lipinski definition) is 6. The van der Waals surface area contributed by atoms with Crippen molar-refractivity contribution >= 4 is 24.5 Å². The lowest BCUT2D eigenvalue weighted by atomic mass is 10.1. The monoisotopic (exact) mass is 297 g/mol. The van der Waals surface area contributed by atoms with Crippen LogP contribution < -0.4 is 4.74 Å². The summed E-state index contributed by atoms with van der Waals surface area (Å²) in [7, 11) is 0. The van der Waals surface area contributed by atoms with Crippen LogP contribution in [0.1, 0.15) is 25.7 Å². The van der Waals surface area contributed by atoms with Crippen LogP contribution in [-0.4, -0.2) is 22.4 Å². The molecule has 6 nitrogen and oxygen atoms in total. The van der Waals surface area contributed by atoms with Crippen LogP contribution in [0.2, 0.25) is 0 Å². The highest BCUT2D eigenvalue weighted by Gasteiger charge is 2.31. The Hall–Kier alpha value is -1.76. The van der Waals surface area contributed by atoms with Crippen LogP contribution in [0.4, 0.5) is 10.5 Å². The Kier molecular flexibility index (Phi) is 4.49. The van der Waals surface area contributed by atoms with Crippen molar-refractivity contribution < 1.29 is 19.2 Å². The maximum Gasteiger partial charge on any atom is 0.513 e. The lowest BCUT2D eigenvalue weighted by Gasteiger charge is -2.21. The summed E-state index contributed by atoms with van der Waals surface area (Å²) in [6.07, 6.45) is 3.19. The Labute approximate surface area is 121 Å². The summed E-state index contributed by atoms with van der Waals surface area (Å²) in [6.45, 7) is 0.210. The second-order valence-corrected chi connectivity index (χ2v) is 5.77. The van der Waals surface area contributed by atoms with Crippen LogP contribution in [0.15, 0.2) is 24.3 Å². The van der Waals surface area contributed by atoms with Gasteiger partial charge in [0.2, 0.25) is 0 Å². The molecule has 0 N–H and O–H groups in total. The van der Waals surface area contributed by atoms with Crippen LogP contribution in [0.3, 0.4) is 0 Å². The van der Waals surface area contributed by atoms with Crippen molar-refractivity contribution in [2.45, 2.75) is 30.4 Å². The number of hydrogen-bond donors (Lipinski definition) is 1. The molecule has 1 aliphatic rings. The second-order valence-electron chi connectivity index (χ2n) is 4.82. The number of nitro groups is 1. The van der Waals surface area contributed by atoms with Gasteiger partial charge >= 0.3 is 6.16 Å². The maximum atomic E-state index is 11.5. The van der Waals surface area contributed by atoms with Gasteiger partial charge in [-0.05, 0) is 25.0 Å². The van der Waals surface area contributed by atoms with Crippen LogP contribution in [0.25, 0.3) is 0 Å². The summed E-state index contributed by atoms with van der Waals surface area (Å²) >= 11 is 4.51. The molecule has 0 bridgehead atoms. The van der Waals surface area contributed by atoms with Gasteiger partial charge in [-0.2, -0.15) is 12.6 Å². The largest absolute Gasteiger partial charge is 0.513 e. The smallest absolute Gasteiger partial charge is 0.433 e. The van der Waals surface area contributed by atoms with Gasteiger partial charge < -0.3 is 9.47 Å². The van der Waals surface area contributed by atoms with Crippen LogP contribution in [-0.2, 0) is 4.74 Å². The van der Waals surface area contributed by atoms with E-state index >= 15 is 0 Å². The first-order valence-electron chi connectivity index (χ1n) is 6.30. The molecule has 0 unspecified atom stereocenters. The topological polar surface area (TPSA) is 78.7 Å². The summed E-state index contributed by atoms with van der Waals surface area (Å²) in [4.78, 5) is 21.5. The number of benzene rings is 1. The summed E-state index contributed by atoms with van der Waals surface area (Å²) in [5, 5.41) is 10.5. The average Bonchev–Trinajstić information content (AvgIpc) is 2.85. The van der Waals surface area contributed by atoms with Crippen LogP contribution >= 0.6 is 12.6 Å². The molecule has 0 aromatic heterocycles. The maximum absolute atomic E-state index is 11.5. The number of non-ortho nitro benzene ring substituents is 1. The van der Waals surface area contributed by atoms with E-state index in [0.717, 1.165) is 25.7 Å². The number of carbonyl (C=O) groups is 1. The number of nitro benzene ring substituents is 1. The van der Waals surface area contributed by atoms with Gasteiger partial charge in [-0.25, -0.2) is 4.79 Å². The van der Waals surface area contributed by atoms with Gasteiger partial charge in [0.25, 0.3) is 5.69 Å². The predicted octanol–water partition coefficient (Wildman–Crippen LogP) is 3.35. The minimum Gasteiger partial charge on any atom is -0.433 e. The third-order valence-electron chi connectivity index (χ3n) is 3.24. The molecule has 0 amide bonds. The first kappa shape index (κ1) is 14.6. The SMILES string of the molecule is O=C(OCC1(S)CCCC1)Oc1ccc([N+](=O)[O-])cc1. The predicted molar refractivity (Wildman–Crippen MR) is 75.3 cm³/mol. The zero-order chi connectivity index (χ0) is 14.6. The molecule has 108 valence electrons. The zero-order valence-corrected chi connectivity index (χ0v) is 11.7. The van der Waals surface area contributed by atoms with E-state index in [0.29, 0.717) is 0 Å². The summed E-state index contributed by atoms with van der Waals surface area (Å²) in [5.41, 5.74) is -0.0639. The molecule has 0 aliphatic heterocycles. The Balaban J connectivity index is 1.83. The molecule has 2 rings (SSSR count). The average molecular weight is 297 g/mol. The molecule has 0 spiro atoms. The molecule has 1 aromatic carbocycles. The summed E-state index contributed by atoms with van der Waals surface area (Å²) < 4.78 is 9.72. The zero-order valence-electron chi connectivity index (χ0n) is 10.8. The Morgan fingerprint density at radius 3 is 2.45 bits per heavy atom. The van der Waals surface area contributed by atoms with E-state index in [1.54, 1.807) is 0 Å². The fourth-order valence-electron chi connectivity index (χ4n) is 2.13. The van der Waals surface area contributed by atoms with Gasteiger partial charge in [0.15, 0.2) is 0 Å². The van der Waals surface area contributed by atoms with Gasteiger partial charge in [0.1, 0.15) is 12.4 Å². The first-order chi connectivity index (χ1) is 9.48. The van der Waals surface area contributed by atoms with Crippen molar-refractivity contribution in [2.75, 3.05) is 6.61 Å². The molecule has 0 heterocycles. The second kappa shape index (κ2) is 6.13. The van der Waals surface area contributed by atoms with E-state index in [1.807, 2.05) is 0 Å². The van der Waals surface area contributed by atoms with Crippen LogP contribution in [0.5, 0.6) is 5.75 Å². The number of ether oxygens (including phenoxy) is 2. The van der Waals surface area contributed by atoms with Gasteiger partial charge in [0.05, 0.1) is 4.92 Å². The van der Waals surface area contributed by atoms with Crippen LogP contribution in [0, 0.1) is 10.1 Å². The van der Waals surface area contributed by atoms with Crippen molar-refractivity contribution in [3.63, 3.8) is 0 Å². The van der Waals surface area contributed by atoms with Gasteiger partial charge in [-0.3, -0.25) is 10.1 Å². The minimum atomic E-state index is -0.820.